The molecule has 136 valence electrons. The molecule has 0 spiro atoms. The third-order valence-electron chi connectivity index (χ3n) is 4.22. The molecule has 0 aliphatic heterocycles. The largest absolute Gasteiger partial charge is 0.348 e. The number of nitrogens with one attached hydrogen (secondary N) is 1. The second kappa shape index (κ2) is 7.50. The van der Waals surface area contributed by atoms with Crippen LogP contribution >= 0.6 is 22.9 Å². The number of hydrogen-bond donors (Lipinski definition) is 1. The van der Waals surface area contributed by atoms with E-state index in [-0.39, 0.29) is 11.9 Å². The van der Waals surface area contributed by atoms with E-state index in [1.165, 1.54) is 11.3 Å². The summed E-state index contributed by atoms with van der Waals surface area (Å²) in [6.07, 6.45) is 6.18. The van der Waals surface area contributed by atoms with E-state index in [1.807, 2.05) is 65.5 Å². The molecule has 1 amide bonds. The van der Waals surface area contributed by atoms with Gasteiger partial charge in [0.05, 0.1) is 5.69 Å². The molecule has 1 aromatic carbocycles. The van der Waals surface area contributed by atoms with Crippen LogP contribution in [0.5, 0.6) is 0 Å². The molecule has 0 aliphatic carbocycles. The highest BCUT2D eigenvalue weighted by Crippen LogP contribution is 2.25. The van der Waals surface area contributed by atoms with Crippen LogP contribution in [0.25, 0.3) is 16.2 Å². The van der Waals surface area contributed by atoms with E-state index in [4.69, 9.17) is 11.6 Å². The van der Waals surface area contributed by atoms with Crippen LogP contribution in [0.3, 0.4) is 0 Å². The summed E-state index contributed by atoms with van der Waals surface area (Å²) in [5.41, 5.74) is 3.46. The normalized spacial score (nSPS) is 12.2. The van der Waals surface area contributed by atoms with Crippen molar-refractivity contribution in [1.82, 2.24) is 19.7 Å². The summed E-state index contributed by atoms with van der Waals surface area (Å²) in [6.45, 7) is 1.99. The molecule has 3 aromatic heterocycles. The third-order valence-corrected chi connectivity index (χ3v) is 5.32. The maximum absolute atomic E-state index is 12.7. The van der Waals surface area contributed by atoms with E-state index in [1.54, 1.807) is 6.20 Å². The van der Waals surface area contributed by atoms with E-state index >= 15 is 0 Å². The number of fused-ring (bicyclic) bond motifs is 1. The number of thiazole rings is 1. The zero-order chi connectivity index (χ0) is 18.8. The average molecular weight is 397 g/mol. The molecule has 5 nitrogen and oxygen atoms in total. The summed E-state index contributed by atoms with van der Waals surface area (Å²) >= 11 is 7.40. The van der Waals surface area contributed by atoms with Crippen LogP contribution in [0, 0.1) is 0 Å². The Balaban J connectivity index is 1.52. The van der Waals surface area contributed by atoms with Crippen molar-refractivity contribution in [3.05, 3.63) is 76.6 Å². The van der Waals surface area contributed by atoms with Crippen LogP contribution in [-0.2, 0) is 6.42 Å². The van der Waals surface area contributed by atoms with Gasteiger partial charge in [-0.05, 0) is 37.1 Å². The molecule has 0 saturated carbocycles. The van der Waals surface area contributed by atoms with Gasteiger partial charge in [0.15, 0.2) is 4.96 Å². The number of rotatable bonds is 5. The Morgan fingerprint density at radius 2 is 2.11 bits per heavy atom. The van der Waals surface area contributed by atoms with E-state index in [9.17, 15) is 4.79 Å². The maximum atomic E-state index is 12.7. The second-order valence-electron chi connectivity index (χ2n) is 6.35. The number of carbonyl (C=O) groups is 1. The number of imidazole rings is 1. The first-order chi connectivity index (χ1) is 13.1. The Labute approximate surface area is 165 Å². The zero-order valence-corrected chi connectivity index (χ0v) is 16.2. The number of nitrogens with zero attached hydrogens (tertiary/aromatic N) is 3. The minimum absolute atomic E-state index is 0.00379. The van der Waals surface area contributed by atoms with Crippen LogP contribution < -0.4 is 5.32 Å². The number of benzene rings is 1. The molecule has 1 atom stereocenters. The minimum Gasteiger partial charge on any atom is -0.348 e. The molecule has 4 rings (SSSR count). The number of aromatic nitrogens is 3. The fourth-order valence-electron chi connectivity index (χ4n) is 2.93. The molecule has 0 aliphatic rings. The van der Waals surface area contributed by atoms with Gasteiger partial charge < -0.3 is 5.32 Å². The molecule has 0 saturated heterocycles. The molecule has 7 heteroatoms. The first-order valence-corrected chi connectivity index (χ1v) is 9.78. The number of halogens is 1. The van der Waals surface area contributed by atoms with Gasteiger partial charge in [-0.1, -0.05) is 29.8 Å². The second-order valence-corrected chi connectivity index (χ2v) is 7.62. The van der Waals surface area contributed by atoms with Crippen molar-refractivity contribution in [2.24, 2.45) is 0 Å². The molecule has 3 heterocycles. The molecule has 1 N–H and O–H groups in total. The van der Waals surface area contributed by atoms with Crippen LogP contribution in [0.1, 0.15) is 23.0 Å². The van der Waals surface area contributed by atoms with Gasteiger partial charge >= 0.3 is 0 Å². The number of amides is 1. The van der Waals surface area contributed by atoms with Gasteiger partial charge in [0.25, 0.3) is 5.91 Å². The standard InChI is InChI=1S/C20H17ClN4OS/c1-13(9-14-3-2-8-22-10-14)23-19(26)18-12-27-20-24-17(11-25(18)20)15-4-6-16(21)7-5-15/h2-8,10-13H,9H2,1H3,(H,23,26). The van der Waals surface area contributed by atoms with Crippen molar-refractivity contribution in [2.75, 3.05) is 0 Å². The summed E-state index contributed by atoms with van der Waals surface area (Å²) in [5, 5.41) is 5.57. The third kappa shape index (κ3) is 3.86. The van der Waals surface area contributed by atoms with Crippen molar-refractivity contribution < 1.29 is 4.79 Å². The molecule has 0 radical (unpaired) electrons. The molecular weight excluding hydrogens is 380 g/mol. The lowest BCUT2D eigenvalue weighted by Gasteiger charge is -2.13. The van der Waals surface area contributed by atoms with Crippen molar-refractivity contribution in [1.29, 1.82) is 0 Å². The summed E-state index contributed by atoms with van der Waals surface area (Å²) < 4.78 is 1.83. The smallest absolute Gasteiger partial charge is 0.269 e. The first kappa shape index (κ1) is 17.7. The number of hydrogen-bond acceptors (Lipinski definition) is 4. The summed E-state index contributed by atoms with van der Waals surface area (Å²) in [5.74, 6) is -0.113. The predicted molar refractivity (Wildman–Crippen MR) is 108 cm³/mol. The first-order valence-electron chi connectivity index (χ1n) is 8.52. The van der Waals surface area contributed by atoms with E-state index < -0.39 is 0 Å². The monoisotopic (exact) mass is 396 g/mol. The fraction of sp³-hybridized carbons (Fsp3) is 0.150. The highest BCUT2D eigenvalue weighted by Gasteiger charge is 2.17. The quantitative estimate of drug-likeness (QED) is 0.541. The Hall–Kier alpha value is -2.70. The maximum Gasteiger partial charge on any atom is 0.269 e. The van der Waals surface area contributed by atoms with Crippen LogP contribution in [0.15, 0.2) is 60.4 Å². The lowest BCUT2D eigenvalue weighted by atomic mass is 10.1. The van der Waals surface area contributed by atoms with E-state index in [2.05, 4.69) is 15.3 Å². The lowest BCUT2D eigenvalue weighted by molar-refractivity contribution is 0.0934. The van der Waals surface area contributed by atoms with Gasteiger partial charge in [-0.3, -0.25) is 14.2 Å². The van der Waals surface area contributed by atoms with Crippen LogP contribution in [0.2, 0.25) is 5.02 Å². The highest BCUT2D eigenvalue weighted by molar-refractivity contribution is 7.15. The van der Waals surface area contributed by atoms with Crippen molar-refractivity contribution in [3.8, 4) is 11.3 Å². The van der Waals surface area contributed by atoms with Gasteiger partial charge in [-0.15, -0.1) is 11.3 Å². The molecule has 0 fully saturated rings. The van der Waals surface area contributed by atoms with Gasteiger partial charge in [-0.25, -0.2) is 4.98 Å². The highest BCUT2D eigenvalue weighted by atomic mass is 35.5. The van der Waals surface area contributed by atoms with E-state index in [0.717, 1.165) is 28.2 Å². The van der Waals surface area contributed by atoms with Crippen LogP contribution in [0.4, 0.5) is 0 Å². The minimum atomic E-state index is -0.113. The average Bonchev–Trinajstić information content (AvgIpc) is 3.23. The Morgan fingerprint density at radius 3 is 2.85 bits per heavy atom. The Morgan fingerprint density at radius 1 is 1.30 bits per heavy atom. The molecule has 1 unspecified atom stereocenters. The Kier molecular flexibility index (Phi) is 4.92. The molecule has 4 aromatic rings. The zero-order valence-electron chi connectivity index (χ0n) is 14.6. The predicted octanol–water partition coefficient (Wildman–Crippen LogP) is 4.47. The molecular formula is C20H17ClN4OS. The van der Waals surface area contributed by atoms with Gasteiger partial charge in [0.1, 0.15) is 5.69 Å². The number of pyridine rings is 1. The lowest BCUT2D eigenvalue weighted by Crippen LogP contribution is -2.34. The van der Waals surface area contributed by atoms with E-state index in [0.29, 0.717) is 10.7 Å². The number of carbonyl (C=O) groups excluding carboxylic acids is 1. The van der Waals surface area contributed by atoms with Crippen molar-refractivity contribution in [3.63, 3.8) is 0 Å². The molecule has 0 bridgehead atoms. The molecule has 27 heavy (non-hydrogen) atoms. The summed E-state index contributed by atoms with van der Waals surface area (Å²) in [6, 6.07) is 11.4. The fourth-order valence-corrected chi connectivity index (χ4v) is 3.91. The Bertz CT molecular complexity index is 1070. The summed E-state index contributed by atoms with van der Waals surface area (Å²) in [4.78, 5) is 22.2. The topological polar surface area (TPSA) is 59.3 Å². The SMILES string of the molecule is CC(Cc1cccnc1)NC(=O)c1csc2nc(-c3ccc(Cl)cc3)cn12. The van der Waals surface area contributed by atoms with Crippen molar-refractivity contribution in [2.45, 2.75) is 19.4 Å². The summed E-state index contributed by atoms with van der Waals surface area (Å²) in [7, 11) is 0. The van der Waals surface area contributed by atoms with Crippen molar-refractivity contribution >= 4 is 33.8 Å². The van der Waals surface area contributed by atoms with Crippen LogP contribution in [-0.4, -0.2) is 26.3 Å². The van der Waals surface area contributed by atoms with Gasteiger partial charge in [0, 0.05) is 40.6 Å². The van der Waals surface area contributed by atoms with Gasteiger partial charge in [-0.2, -0.15) is 0 Å². The van der Waals surface area contributed by atoms with Gasteiger partial charge in [0.2, 0.25) is 0 Å².